The average molecular weight is 190 g/mol. The molecule has 0 amide bonds. The summed E-state index contributed by atoms with van der Waals surface area (Å²) in [6.45, 7) is 13.0. The Morgan fingerprint density at radius 2 is 1.64 bits per heavy atom. The average Bonchev–Trinajstić information content (AvgIpc) is 2.14. The van der Waals surface area contributed by atoms with Gasteiger partial charge in [0.1, 0.15) is 7.85 Å². The molecule has 0 atom stereocenters. The first-order valence-electron chi connectivity index (χ1n) is 5.54. The fourth-order valence-corrected chi connectivity index (χ4v) is 1.40. The molecule has 0 aromatic rings. The molecule has 1 heteroatoms. The molecule has 0 aliphatic rings. The molecule has 14 heavy (non-hydrogen) atoms. The molecular formula is C13H23B. The molecule has 0 aliphatic heterocycles. The van der Waals surface area contributed by atoms with Gasteiger partial charge < -0.3 is 0 Å². The maximum Gasteiger partial charge on any atom is 0.114 e. The molecule has 2 radical (unpaired) electrons. The van der Waals surface area contributed by atoms with Crippen LogP contribution in [-0.2, 0) is 0 Å². The highest BCUT2D eigenvalue weighted by Crippen LogP contribution is 2.22. The largest absolute Gasteiger partial charge is 0.114 e. The highest BCUT2D eigenvalue weighted by Gasteiger charge is 2.04. The topological polar surface area (TPSA) is 0 Å². The predicted molar refractivity (Wildman–Crippen MR) is 66.6 cm³/mol. The molecule has 0 unspecified atom stereocenters. The zero-order valence-electron chi connectivity index (χ0n) is 10.6. The van der Waals surface area contributed by atoms with Crippen LogP contribution in [0.15, 0.2) is 22.2 Å². The molecule has 78 valence electrons. The number of hydrogen-bond donors (Lipinski definition) is 0. The van der Waals surface area contributed by atoms with Gasteiger partial charge in [0.2, 0.25) is 0 Å². The SMILES string of the molecule is [B]C(=C(\C)C(C)C)/C(C)=C(\C)CCC. The summed E-state index contributed by atoms with van der Waals surface area (Å²) in [6.07, 6.45) is 2.34. The normalized spacial score (nSPS) is 15.4. The van der Waals surface area contributed by atoms with E-state index in [0.717, 1.165) is 11.9 Å². The van der Waals surface area contributed by atoms with Gasteiger partial charge in [0.25, 0.3) is 0 Å². The van der Waals surface area contributed by atoms with Crippen LogP contribution in [0.4, 0.5) is 0 Å². The standard InChI is InChI=1S/C13H23B/c1-7-8-10(4)12(6)13(14)11(5)9(2)3/h9H,7-8H2,1-6H3/b12-10+,13-11+. The fourth-order valence-electron chi connectivity index (χ4n) is 1.40. The van der Waals surface area contributed by atoms with Crippen LogP contribution in [0.2, 0.25) is 0 Å². The van der Waals surface area contributed by atoms with Crippen molar-refractivity contribution in [3.63, 3.8) is 0 Å². The van der Waals surface area contributed by atoms with Crippen molar-refractivity contribution in [2.45, 2.75) is 54.4 Å². The molecule has 0 heterocycles. The lowest BCUT2D eigenvalue weighted by Crippen LogP contribution is -1.99. The van der Waals surface area contributed by atoms with E-state index in [9.17, 15) is 0 Å². The first-order chi connectivity index (χ1) is 6.41. The molecule has 0 aliphatic carbocycles. The summed E-state index contributed by atoms with van der Waals surface area (Å²) in [6, 6.07) is 0. The molecule has 0 fully saturated rings. The van der Waals surface area contributed by atoms with Gasteiger partial charge in [0, 0.05) is 0 Å². The third kappa shape index (κ3) is 3.73. The van der Waals surface area contributed by atoms with Gasteiger partial charge in [-0.2, -0.15) is 0 Å². The van der Waals surface area contributed by atoms with E-state index in [1.54, 1.807) is 0 Å². The fraction of sp³-hybridized carbons (Fsp3) is 0.692. The zero-order chi connectivity index (χ0) is 11.3. The van der Waals surface area contributed by atoms with Gasteiger partial charge in [0.15, 0.2) is 0 Å². The minimum absolute atomic E-state index is 0.541. The Bertz CT molecular complexity index is 244. The van der Waals surface area contributed by atoms with E-state index in [4.69, 9.17) is 7.85 Å². The Kier molecular flexibility index (Phi) is 5.91. The van der Waals surface area contributed by atoms with Gasteiger partial charge in [-0.15, -0.1) is 0 Å². The Morgan fingerprint density at radius 1 is 1.14 bits per heavy atom. The first kappa shape index (κ1) is 13.5. The minimum atomic E-state index is 0.541. The van der Waals surface area contributed by atoms with Crippen molar-refractivity contribution in [2.75, 3.05) is 0 Å². The Balaban J connectivity index is 4.93. The van der Waals surface area contributed by atoms with E-state index < -0.39 is 0 Å². The second-order valence-electron chi connectivity index (χ2n) is 4.41. The Hall–Kier alpha value is -0.455. The van der Waals surface area contributed by atoms with Crippen molar-refractivity contribution in [2.24, 2.45) is 5.92 Å². The Morgan fingerprint density at radius 3 is 2.00 bits per heavy atom. The lowest BCUT2D eigenvalue weighted by molar-refractivity contribution is 0.764. The van der Waals surface area contributed by atoms with Crippen LogP contribution in [0.3, 0.4) is 0 Å². The second-order valence-corrected chi connectivity index (χ2v) is 4.41. The summed E-state index contributed by atoms with van der Waals surface area (Å²) in [5.41, 5.74) is 4.99. The summed E-state index contributed by atoms with van der Waals surface area (Å²) in [5.74, 6) is 0.541. The van der Waals surface area contributed by atoms with Crippen LogP contribution in [0, 0.1) is 5.92 Å². The zero-order valence-corrected chi connectivity index (χ0v) is 10.6. The molecule has 0 spiro atoms. The van der Waals surface area contributed by atoms with Gasteiger partial charge in [-0.1, -0.05) is 49.4 Å². The highest BCUT2D eigenvalue weighted by atomic mass is 14.1. The maximum absolute atomic E-state index is 6.11. The van der Waals surface area contributed by atoms with Crippen LogP contribution in [0.1, 0.15) is 54.4 Å². The quantitative estimate of drug-likeness (QED) is 0.459. The minimum Gasteiger partial charge on any atom is -0.0947 e. The monoisotopic (exact) mass is 190 g/mol. The van der Waals surface area contributed by atoms with Crippen LogP contribution < -0.4 is 0 Å². The van der Waals surface area contributed by atoms with E-state index in [0.29, 0.717) is 5.92 Å². The van der Waals surface area contributed by atoms with Gasteiger partial charge in [-0.3, -0.25) is 0 Å². The van der Waals surface area contributed by atoms with Crippen molar-refractivity contribution in [1.29, 1.82) is 0 Å². The molecule has 0 aromatic carbocycles. The Labute approximate surface area is 90.9 Å². The number of allylic oxidation sites excluding steroid dienone is 4. The van der Waals surface area contributed by atoms with Crippen molar-refractivity contribution < 1.29 is 0 Å². The van der Waals surface area contributed by atoms with E-state index in [1.165, 1.54) is 23.1 Å². The van der Waals surface area contributed by atoms with Crippen LogP contribution in [-0.4, -0.2) is 7.85 Å². The summed E-state index contributed by atoms with van der Waals surface area (Å²) in [5, 5.41) is 0. The van der Waals surface area contributed by atoms with Gasteiger partial charge in [0.05, 0.1) is 0 Å². The number of rotatable bonds is 4. The van der Waals surface area contributed by atoms with Gasteiger partial charge in [-0.05, 0) is 33.1 Å². The molecule has 0 N–H and O–H groups in total. The van der Waals surface area contributed by atoms with E-state index in [-0.39, 0.29) is 0 Å². The first-order valence-corrected chi connectivity index (χ1v) is 5.54. The summed E-state index contributed by atoms with van der Waals surface area (Å²) in [4.78, 5) is 0. The van der Waals surface area contributed by atoms with Crippen molar-refractivity contribution in [3.05, 3.63) is 22.2 Å². The summed E-state index contributed by atoms with van der Waals surface area (Å²) < 4.78 is 0. The lowest BCUT2D eigenvalue weighted by atomic mass is 9.79. The third-order valence-electron chi connectivity index (χ3n) is 2.96. The second kappa shape index (κ2) is 6.11. The van der Waals surface area contributed by atoms with Gasteiger partial charge in [-0.25, -0.2) is 0 Å². The van der Waals surface area contributed by atoms with Crippen LogP contribution in [0.25, 0.3) is 0 Å². The number of hydrogen-bond acceptors (Lipinski definition) is 0. The van der Waals surface area contributed by atoms with E-state index in [2.05, 4.69) is 41.5 Å². The smallest absolute Gasteiger partial charge is 0.0947 e. The molecule has 0 rings (SSSR count). The van der Waals surface area contributed by atoms with Crippen LogP contribution in [0.5, 0.6) is 0 Å². The van der Waals surface area contributed by atoms with Crippen molar-refractivity contribution in [3.8, 4) is 0 Å². The highest BCUT2D eigenvalue weighted by molar-refractivity contribution is 6.24. The predicted octanol–water partition coefficient (Wildman–Crippen LogP) is 4.22. The molecule has 0 saturated carbocycles. The third-order valence-corrected chi connectivity index (χ3v) is 2.96. The van der Waals surface area contributed by atoms with Crippen molar-refractivity contribution >= 4 is 7.85 Å². The van der Waals surface area contributed by atoms with Gasteiger partial charge >= 0.3 is 0 Å². The molecule has 0 saturated heterocycles. The molecular weight excluding hydrogens is 167 g/mol. The molecule has 0 nitrogen and oxygen atoms in total. The van der Waals surface area contributed by atoms with E-state index >= 15 is 0 Å². The van der Waals surface area contributed by atoms with Crippen molar-refractivity contribution in [1.82, 2.24) is 0 Å². The molecule has 0 aromatic heterocycles. The molecule has 0 bridgehead atoms. The lowest BCUT2D eigenvalue weighted by Gasteiger charge is -2.15. The summed E-state index contributed by atoms with van der Waals surface area (Å²) >= 11 is 0. The van der Waals surface area contributed by atoms with E-state index in [1.807, 2.05) is 0 Å². The van der Waals surface area contributed by atoms with Crippen LogP contribution >= 0.6 is 0 Å². The summed E-state index contributed by atoms with van der Waals surface area (Å²) in [7, 11) is 6.11. The maximum atomic E-state index is 6.11.